The maximum Gasteiger partial charge on any atom is 0.236 e. The molecular weight excluding hydrogens is 264 g/mol. The molecule has 0 saturated heterocycles. The second-order valence-corrected chi connectivity index (χ2v) is 5.04. The summed E-state index contributed by atoms with van der Waals surface area (Å²) in [6.45, 7) is 4.64. The van der Waals surface area contributed by atoms with Gasteiger partial charge < -0.3 is 15.7 Å². The standard InChI is InChI=1S/C14H21ClN2O2/c1-3-4-7-17(9-14(16)19)13-6-5-11(10(2)18)8-12(13)15/h5-6,8,10,18H,3-4,7,9H2,1-2H3,(H2,16,19)/t10-/m0/s1. The second kappa shape index (κ2) is 7.36. The minimum atomic E-state index is -0.563. The molecule has 0 radical (unpaired) electrons. The first kappa shape index (κ1) is 15.8. The van der Waals surface area contributed by atoms with E-state index in [0.717, 1.165) is 30.6 Å². The minimum Gasteiger partial charge on any atom is -0.389 e. The highest BCUT2D eigenvalue weighted by molar-refractivity contribution is 6.33. The monoisotopic (exact) mass is 284 g/mol. The topological polar surface area (TPSA) is 66.6 Å². The predicted molar refractivity (Wildman–Crippen MR) is 78.4 cm³/mol. The zero-order valence-corrected chi connectivity index (χ0v) is 12.2. The molecule has 0 aliphatic rings. The zero-order chi connectivity index (χ0) is 14.4. The molecule has 0 aliphatic heterocycles. The van der Waals surface area contributed by atoms with Gasteiger partial charge >= 0.3 is 0 Å². The third kappa shape index (κ3) is 4.73. The van der Waals surface area contributed by atoms with Crippen LogP contribution in [0, 0.1) is 0 Å². The van der Waals surface area contributed by atoms with E-state index in [1.165, 1.54) is 0 Å². The maximum atomic E-state index is 11.1. The molecule has 1 amide bonds. The molecule has 3 N–H and O–H groups in total. The van der Waals surface area contributed by atoms with Crippen LogP contribution in [-0.2, 0) is 4.79 Å². The van der Waals surface area contributed by atoms with Gasteiger partial charge in [0.1, 0.15) is 0 Å². The van der Waals surface area contributed by atoms with Crippen molar-refractivity contribution in [3.05, 3.63) is 28.8 Å². The molecule has 1 aromatic carbocycles. The Morgan fingerprint density at radius 3 is 2.68 bits per heavy atom. The SMILES string of the molecule is CCCCN(CC(N)=O)c1ccc([C@H](C)O)cc1Cl. The lowest BCUT2D eigenvalue weighted by atomic mass is 10.1. The lowest BCUT2D eigenvalue weighted by molar-refractivity contribution is -0.116. The molecule has 4 nitrogen and oxygen atoms in total. The molecule has 0 saturated carbocycles. The fourth-order valence-corrected chi connectivity index (χ4v) is 2.17. The Hall–Kier alpha value is -1.26. The molecule has 0 heterocycles. The van der Waals surface area contributed by atoms with Gasteiger partial charge in [-0.25, -0.2) is 0 Å². The van der Waals surface area contributed by atoms with Crippen molar-refractivity contribution in [3.8, 4) is 0 Å². The smallest absolute Gasteiger partial charge is 0.236 e. The summed E-state index contributed by atoms with van der Waals surface area (Å²) in [5, 5.41) is 10.0. The zero-order valence-electron chi connectivity index (χ0n) is 11.4. The van der Waals surface area contributed by atoms with Crippen LogP contribution in [0.5, 0.6) is 0 Å². The molecule has 0 aliphatic carbocycles. The van der Waals surface area contributed by atoms with Crippen LogP contribution >= 0.6 is 11.6 Å². The summed E-state index contributed by atoms with van der Waals surface area (Å²) in [5.41, 5.74) is 6.80. The van der Waals surface area contributed by atoms with Gasteiger partial charge in [-0.1, -0.05) is 31.0 Å². The lowest BCUT2D eigenvalue weighted by Crippen LogP contribution is -2.34. The van der Waals surface area contributed by atoms with E-state index >= 15 is 0 Å². The Labute approximate surface area is 119 Å². The summed E-state index contributed by atoms with van der Waals surface area (Å²) in [4.78, 5) is 13.0. The van der Waals surface area contributed by atoms with Crippen molar-refractivity contribution in [2.75, 3.05) is 18.0 Å². The minimum absolute atomic E-state index is 0.147. The third-order valence-electron chi connectivity index (χ3n) is 2.92. The number of primary amides is 1. The van der Waals surface area contributed by atoms with Crippen LogP contribution in [0.25, 0.3) is 0 Å². The van der Waals surface area contributed by atoms with Crippen molar-refractivity contribution >= 4 is 23.2 Å². The predicted octanol–water partition coefficient (Wildman–Crippen LogP) is 2.49. The van der Waals surface area contributed by atoms with E-state index in [-0.39, 0.29) is 12.5 Å². The maximum absolute atomic E-state index is 11.1. The van der Waals surface area contributed by atoms with Gasteiger partial charge in [-0.15, -0.1) is 0 Å². The molecule has 1 rings (SSSR count). The van der Waals surface area contributed by atoms with Gasteiger partial charge in [-0.05, 0) is 31.0 Å². The van der Waals surface area contributed by atoms with Crippen molar-refractivity contribution in [2.45, 2.75) is 32.8 Å². The van der Waals surface area contributed by atoms with E-state index in [1.54, 1.807) is 13.0 Å². The number of hydrogen-bond acceptors (Lipinski definition) is 3. The van der Waals surface area contributed by atoms with Gasteiger partial charge in [0.2, 0.25) is 5.91 Å². The number of unbranched alkanes of at least 4 members (excludes halogenated alkanes) is 1. The summed E-state index contributed by atoms with van der Waals surface area (Å²) < 4.78 is 0. The number of aliphatic hydroxyl groups excluding tert-OH is 1. The Balaban J connectivity index is 2.97. The van der Waals surface area contributed by atoms with Crippen LogP contribution in [0.4, 0.5) is 5.69 Å². The number of rotatable bonds is 7. The molecule has 0 aromatic heterocycles. The fraction of sp³-hybridized carbons (Fsp3) is 0.500. The van der Waals surface area contributed by atoms with Crippen molar-refractivity contribution < 1.29 is 9.90 Å². The molecule has 0 bridgehead atoms. The van der Waals surface area contributed by atoms with Crippen LogP contribution in [0.1, 0.15) is 38.4 Å². The summed E-state index contributed by atoms with van der Waals surface area (Å²) >= 11 is 6.23. The highest BCUT2D eigenvalue weighted by Crippen LogP contribution is 2.29. The second-order valence-electron chi connectivity index (χ2n) is 4.63. The normalized spacial score (nSPS) is 12.2. The van der Waals surface area contributed by atoms with Gasteiger partial charge in [-0.3, -0.25) is 4.79 Å². The molecule has 106 valence electrons. The molecular formula is C14H21ClN2O2. The number of amides is 1. The molecule has 5 heteroatoms. The number of nitrogens with zero attached hydrogens (tertiary/aromatic N) is 1. The first-order valence-electron chi connectivity index (χ1n) is 6.46. The van der Waals surface area contributed by atoms with Gasteiger partial charge in [0.05, 0.1) is 23.4 Å². The van der Waals surface area contributed by atoms with Crippen molar-refractivity contribution in [1.29, 1.82) is 0 Å². The number of hydrogen-bond donors (Lipinski definition) is 2. The van der Waals surface area contributed by atoms with E-state index in [1.807, 2.05) is 17.0 Å². The van der Waals surface area contributed by atoms with Crippen LogP contribution < -0.4 is 10.6 Å². The summed E-state index contributed by atoms with van der Waals surface area (Å²) in [7, 11) is 0. The third-order valence-corrected chi connectivity index (χ3v) is 3.23. The number of aliphatic hydroxyl groups is 1. The van der Waals surface area contributed by atoms with Crippen molar-refractivity contribution in [1.82, 2.24) is 0 Å². The number of anilines is 1. The highest BCUT2D eigenvalue weighted by atomic mass is 35.5. The van der Waals surface area contributed by atoms with E-state index in [9.17, 15) is 9.90 Å². The van der Waals surface area contributed by atoms with Crippen LogP contribution in [0.15, 0.2) is 18.2 Å². The van der Waals surface area contributed by atoms with E-state index in [2.05, 4.69) is 6.92 Å². The number of halogens is 1. The molecule has 0 fully saturated rings. The first-order valence-corrected chi connectivity index (χ1v) is 6.84. The van der Waals surface area contributed by atoms with Crippen molar-refractivity contribution in [3.63, 3.8) is 0 Å². The van der Waals surface area contributed by atoms with E-state index < -0.39 is 6.10 Å². The Bertz CT molecular complexity index is 435. The average molecular weight is 285 g/mol. The van der Waals surface area contributed by atoms with Crippen molar-refractivity contribution in [2.24, 2.45) is 5.73 Å². The first-order chi connectivity index (χ1) is 8.95. The van der Waals surface area contributed by atoms with Gasteiger partial charge in [-0.2, -0.15) is 0 Å². The lowest BCUT2D eigenvalue weighted by Gasteiger charge is -2.24. The van der Waals surface area contributed by atoms with E-state index in [0.29, 0.717) is 5.02 Å². The summed E-state index contributed by atoms with van der Waals surface area (Å²) in [6.07, 6.45) is 1.42. The number of nitrogens with two attached hydrogens (primary N) is 1. The fourth-order valence-electron chi connectivity index (χ4n) is 1.86. The largest absolute Gasteiger partial charge is 0.389 e. The van der Waals surface area contributed by atoms with Crippen LogP contribution in [-0.4, -0.2) is 24.1 Å². The quantitative estimate of drug-likeness (QED) is 0.808. The number of carbonyl (C=O) groups excluding carboxylic acids is 1. The summed E-state index contributed by atoms with van der Waals surface area (Å²) in [5.74, 6) is -0.383. The highest BCUT2D eigenvalue weighted by Gasteiger charge is 2.13. The van der Waals surface area contributed by atoms with Gasteiger partial charge in [0.25, 0.3) is 0 Å². The molecule has 1 aromatic rings. The van der Waals surface area contributed by atoms with Gasteiger partial charge in [0, 0.05) is 6.54 Å². The van der Waals surface area contributed by atoms with Gasteiger partial charge in [0.15, 0.2) is 0 Å². The molecule has 19 heavy (non-hydrogen) atoms. The number of benzene rings is 1. The molecule has 1 atom stereocenters. The van der Waals surface area contributed by atoms with Crippen LogP contribution in [0.2, 0.25) is 5.02 Å². The Morgan fingerprint density at radius 1 is 1.53 bits per heavy atom. The van der Waals surface area contributed by atoms with Crippen LogP contribution in [0.3, 0.4) is 0 Å². The van der Waals surface area contributed by atoms with E-state index in [4.69, 9.17) is 17.3 Å². The molecule has 0 unspecified atom stereocenters. The Kier molecular flexibility index (Phi) is 6.12. The Morgan fingerprint density at radius 2 is 2.21 bits per heavy atom. The molecule has 0 spiro atoms. The summed E-state index contributed by atoms with van der Waals surface area (Å²) in [6, 6.07) is 5.36. The average Bonchev–Trinajstić information content (AvgIpc) is 2.34. The number of carbonyl (C=O) groups is 1.